The molecule has 0 bridgehead atoms. The number of amides is 1. The van der Waals surface area contributed by atoms with Crippen LogP contribution in [0.1, 0.15) is 10.4 Å². The fourth-order valence-corrected chi connectivity index (χ4v) is 3.52. The third-order valence-electron chi connectivity index (χ3n) is 5.16. The summed E-state index contributed by atoms with van der Waals surface area (Å²) >= 11 is 0. The van der Waals surface area contributed by atoms with E-state index in [-0.39, 0.29) is 11.5 Å². The molecular weight excluding hydrogens is 408 g/mol. The molecule has 1 amide bonds. The average Bonchev–Trinajstić information content (AvgIpc) is 2.84. The number of benzene rings is 3. The highest BCUT2D eigenvalue weighted by Gasteiger charge is 2.16. The summed E-state index contributed by atoms with van der Waals surface area (Å²) in [6.07, 6.45) is 1.56. The van der Waals surface area contributed by atoms with Gasteiger partial charge < -0.3 is 19.5 Å². The van der Waals surface area contributed by atoms with Crippen LogP contribution in [0.5, 0.6) is 17.2 Å². The highest BCUT2D eigenvalue weighted by molar-refractivity contribution is 6.12. The van der Waals surface area contributed by atoms with Crippen LogP contribution >= 0.6 is 0 Å². The standard InChI is InChI=1S/C25H22N2O5/c1-30-18-11-9-17(10-12-18)27-15-21(19-6-4-5-7-20(19)25(27)29)24(28)26-16-8-13-22(31-2)23(14-16)32-3/h4-15H,1-3H3,(H,26,28). The molecule has 0 saturated heterocycles. The van der Waals surface area contributed by atoms with E-state index < -0.39 is 0 Å². The van der Waals surface area contributed by atoms with Crippen molar-refractivity contribution < 1.29 is 19.0 Å². The van der Waals surface area contributed by atoms with Gasteiger partial charge in [0.15, 0.2) is 11.5 Å². The predicted molar refractivity (Wildman–Crippen MR) is 124 cm³/mol. The van der Waals surface area contributed by atoms with Crippen LogP contribution in [0.25, 0.3) is 16.5 Å². The fourth-order valence-electron chi connectivity index (χ4n) is 3.52. The lowest BCUT2D eigenvalue weighted by molar-refractivity contribution is 0.102. The maximum absolute atomic E-state index is 13.3. The second-order valence-electron chi connectivity index (χ2n) is 6.99. The number of hydrogen-bond acceptors (Lipinski definition) is 5. The van der Waals surface area contributed by atoms with Gasteiger partial charge in [-0.05, 0) is 42.5 Å². The predicted octanol–water partition coefficient (Wildman–Crippen LogP) is 4.27. The van der Waals surface area contributed by atoms with Crippen molar-refractivity contribution in [1.29, 1.82) is 0 Å². The molecule has 0 aliphatic heterocycles. The van der Waals surface area contributed by atoms with Crippen molar-refractivity contribution in [2.75, 3.05) is 26.6 Å². The minimum absolute atomic E-state index is 0.214. The summed E-state index contributed by atoms with van der Waals surface area (Å²) in [6.45, 7) is 0. The highest BCUT2D eigenvalue weighted by atomic mass is 16.5. The van der Waals surface area contributed by atoms with Gasteiger partial charge in [-0.15, -0.1) is 0 Å². The number of nitrogens with zero attached hydrogens (tertiary/aromatic N) is 1. The minimum Gasteiger partial charge on any atom is -0.497 e. The van der Waals surface area contributed by atoms with E-state index in [9.17, 15) is 9.59 Å². The number of ether oxygens (including phenoxy) is 3. The molecule has 162 valence electrons. The molecule has 7 nitrogen and oxygen atoms in total. The Bertz CT molecular complexity index is 1340. The molecule has 1 aromatic heterocycles. The molecule has 0 unspecified atom stereocenters. The number of aromatic nitrogens is 1. The Balaban J connectivity index is 1.80. The van der Waals surface area contributed by atoms with Crippen molar-refractivity contribution >= 4 is 22.4 Å². The largest absolute Gasteiger partial charge is 0.497 e. The van der Waals surface area contributed by atoms with Crippen LogP contribution < -0.4 is 25.1 Å². The van der Waals surface area contributed by atoms with Crippen molar-refractivity contribution in [1.82, 2.24) is 4.57 Å². The molecule has 7 heteroatoms. The number of anilines is 1. The number of methoxy groups -OCH3 is 3. The van der Waals surface area contributed by atoms with E-state index in [1.807, 2.05) is 0 Å². The molecule has 4 rings (SSSR count). The molecule has 0 atom stereocenters. The van der Waals surface area contributed by atoms with Gasteiger partial charge in [-0.1, -0.05) is 18.2 Å². The fraction of sp³-hybridized carbons (Fsp3) is 0.120. The number of carbonyl (C=O) groups excluding carboxylic acids is 1. The lowest BCUT2D eigenvalue weighted by atomic mass is 10.1. The van der Waals surface area contributed by atoms with Gasteiger partial charge in [0, 0.05) is 34.4 Å². The Morgan fingerprint density at radius 2 is 1.50 bits per heavy atom. The molecule has 1 N–H and O–H groups in total. The quantitative estimate of drug-likeness (QED) is 0.494. The molecule has 0 fully saturated rings. The molecule has 0 saturated carbocycles. The SMILES string of the molecule is COc1ccc(-n2cc(C(=O)Nc3ccc(OC)c(OC)c3)c3ccccc3c2=O)cc1. The van der Waals surface area contributed by atoms with Gasteiger partial charge in [0.25, 0.3) is 11.5 Å². The first-order valence-corrected chi connectivity index (χ1v) is 9.88. The maximum Gasteiger partial charge on any atom is 0.262 e. The Hall–Kier alpha value is -4.26. The van der Waals surface area contributed by atoms with Crippen LogP contribution in [-0.4, -0.2) is 31.8 Å². The molecule has 1 heterocycles. The Kier molecular flexibility index (Phi) is 5.81. The summed E-state index contributed by atoms with van der Waals surface area (Å²) < 4.78 is 17.2. The molecule has 4 aromatic rings. The molecule has 0 aliphatic carbocycles. The van der Waals surface area contributed by atoms with Gasteiger partial charge in [0.05, 0.1) is 26.9 Å². The van der Waals surface area contributed by atoms with Gasteiger partial charge in [0.2, 0.25) is 0 Å². The first-order chi connectivity index (χ1) is 15.5. The summed E-state index contributed by atoms with van der Waals surface area (Å²) in [5.74, 6) is 1.38. The first kappa shape index (κ1) is 21.0. The summed E-state index contributed by atoms with van der Waals surface area (Å²) in [7, 11) is 4.65. The lowest BCUT2D eigenvalue weighted by Gasteiger charge is -2.14. The number of fused-ring (bicyclic) bond motifs is 1. The third-order valence-corrected chi connectivity index (χ3v) is 5.16. The normalized spacial score (nSPS) is 10.6. The van der Waals surface area contributed by atoms with Crippen LogP contribution in [-0.2, 0) is 0 Å². The topological polar surface area (TPSA) is 78.8 Å². The van der Waals surface area contributed by atoms with E-state index in [0.717, 1.165) is 0 Å². The van der Waals surface area contributed by atoms with Crippen molar-refractivity contribution in [2.24, 2.45) is 0 Å². The van der Waals surface area contributed by atoms with Gasteiger partial charge in [-0.3, -0.25) is 14.2 Å². The summed E-state index contributed by atoms with van der Waals surface area (Å²) in [5, 5.41) is 3.90. The van der Waals surface area contributed by atoms with Crippen LogP contribution in [0, 0.1) is 0 Å². The Morgan fingerprint density at radius 3 is 2.16 bits per heavy atom. The molecular formula is C25H22N2O5. The number of pyridine rings is 1. The second-order valence-corrected chi connectivity index (χ2v) is 6.99. The monoisotopic (exact) mass is 430 g/mol. The second kappa shape index (κ2) is 8.85. The average molecular weight is 430 g/mol. The van der Waals surface area contributed by atoms with Gasteiger partial charge >= 0.3 is 0 Å². The zero-order chi connectivity index (χ0) is 22.7. The zero-order valence-electron chi connectivity index (χ0n) is 17.9. The summed E-state index contributed by atoms with van der Waals surface area (Å²) in [6, 6.07) is 19.2. The molecule has 0 radical (unpaired) electrons. The summed E-state index contributed by atoms with van der Waals surface area (Å²) in [5.41, 5.74) is 1.32. The number of nitrogens with one attached hydrogen (secondary N) is 1. The van der Waals surface area contributed by atoms with Crippen molar-refractivity contribution in [3.8, 4) is 22.9 Å². The smallest absolute Gasteiger partial charge is 0.262 e. The van der Waals surface area contributed by atoms with Crippen LogP contribution in [0.15, 0.2) is 77.7 Å². The minimum atomic E-state index is -0.351. The van der Waals surface area contributed by atoms with Crippen LogP contribution in [0.3, 0.4) is 0 Å². The van der Waals surface area contributed by atoms with Crippen molar-refractivity contribution in [2.45, 2.75) is 0 Å². The number of hydrogen-bond donors (Lipinski definition) is 1. The van der Waals surface area contributed by atoms with E-state index in [1.165, 1.54) is 11.7 Å². The van der Waals surface area contributed by atoms with Crippen LogP contribution in [0.4, 0.5) is 5.69 Å². The molecule has 0 aliphatic rings. The Labute approximate surface area is 184 Å². The lowest BCUT2D eigenvalue weighted by Crippen LogP contribution is -2.22. The van der Waals surface area contributed by atoms with Gasteiger partial charge in [-0.2, -0.15) is 0 Å². The summed E-state index contributed by atoms with van der Waals surface area (Å²) in [4.78, 5) is 26.4. The van der Waals surface area contributed by atoms with Crippen LogP contribution in [0.2, 0.25) is 0 Å². The van der Waals surface area contributed by atoms with E-state index in [4.69, 9.17) is 14.2 Å². The zero-order valence-corrected chi connectivity index (χ0v) is 17.9. The Morgan fingerprint density at radius 1 is 0.812 bits per heavy atom. The van der Waals surface area contributed by atoms with Gasteiger partial charge in [-0.25, -0.2) is 0 Å². The van der Waals surface area contributed by atoms with E-state index in [1.54, 1.807) is 87.1 Å². The molecule has 32 heavy (non-hydrogen) atoms. The molecule has 3 aromatic carbocycles. The number of rotatable bonds is 6. The third kappa shape index (κ3) is 3.88. The first-order valence-electron chi connectivity index (χ1n) is 9.88. The molecule has 0 spiro atoms. The van der Waals surface area contributed by atoms with E-state index in [2.05, 4.69) is 5.32 Å². The van der Waals surface area contributed by atoms with E-state index >= 15 is 0 Å². The van der Waals surface area contributed by atoms with Crippen molar-refractivity contribution in [3.05, 3.63) is 88.8 Å². The van der Waals surface area contributed by atoms with E-state index in [0.29, 0.717) is 45.0 Å². The number of carbonyl (C=O) groups is 1. The van der Waals surface area contributed by atoms with Crippen molar-refractivity contribution in [3.63, 3.8) is 0 Å². The highest BCUT2D eigenvalue weighted by Crippen LogP contribution is 2.30. The van der Waals surface area contributed by atoms with Gasteiger partial charge in [0.1, 0.15) is 5.75 Å². The maximum atomic E-state index is 13.3.